The SMILES string of the molecule is Cc1c(OCCCC(=O)O)cccc1[N+](=O)[O-]. The monoisotopic (exact) mass is 239 g/mol. The van der Waals surface area contributed by atoms with Gasteiger partial charge in [0, 0.05) is 12.5 Å². The molecular weight excluding hydrogens is 226 g/mol. The fraction of sp³-hybridized carbons (Fsp3) is 0.364. The molecule has 0 bridgehead atoms. The van der Waals surface area contributed by atoms with Crippen LogP contribution in [0.2, 0.25) is 0 Å². The third kappa shape index (κ3) is 3.75. The maximum atomic E-state index is 10.7. The highest BCUT2D eigenvalue weighted by Crippen LogP contribution is 2.26. The fourth-order valence-corrected chi connectivity index (χ4v) is 1.36. The van der Waals surface area contributed by atoms with E-state index >= 15 is 0 Å². The van der Waals surface area contributed by atoms with Crippen LogP contribution in [0.4, 0.5) is 5.69 Å². The van der Waals surface area contributed by atoms with Gasteiger partial charge in [0.2, 0.25) is 0 Å². The molecule has 0 saturated carbocycles. The van der Waals surface area contributed by atoms with Gasteiger partial charge in [-0.1, -0.05) is 6.07 Å². The standard InChI is InChI=1S/C11H13NO5/c1-8-9(12(15)16)4-2-5-10(8)17-7-3-6-11(13)14/h2,4-5H,3,6-7H2,1H3,(H,13,14). The Hall–Kier alpha value is -2.11. The number of nitro benzene ring substituents is 1. The maximum Gasteiger partial charge on any atom is 0.303 e. The van der Waals surface area contributed by atoms with Crippen molar-refractivity contribution in [2.45, 2.75) is 19.8 Å². The zero-order valence-corrected chi connectivity index (χ0v) is 9.38. The summed E-state index contributed by atoms with van der Waals surface area (Å²) in [5.41, 5.74) is 0.452. The third-order valence-corrected chi connectivity index (χ3v) is 2.24. The van der Waals surface area contributed by atoms with E-state index < -0.39 is 10.9 Å². The van der Waals surface area contributed by atoms with Crippen LogP contribution in [0, 0.1) is 17.0 Å². The first-order valence-electron chi connectivity index (χ1n) is 5.11. The summed E-state index contributed by atoms with van der Waals surface area (Å²) >= 11 is 0. The zero-order valence-electron chi connectivity index (χ0n) is 9.38. The molecule has 17 heavy (non-hydrogen) atoms. The number of benzene rings is 1. The Labute approximate surface area is 98.0 Å². The lowest BCUT2D eigenvalue weighted by molar-refractivity contribution is -0.385. The average Bonchev–Trinajstić information content (AvgIpc) is 2.25. The Bertz CT molecular complexity index is 430. The van der Waals surface area contributed by atoms with Crippen LogP contribution in [0.25, 0.3) is 0 Å². The minimum absolute atomic E-state index is 0.000680. The number of rotatable bonds is 6. The second-order valence-corrected chi connectivity index (χ2v) is 3.50. The first-order chi connectivity index (χ1) is 8.02. The highest BCUT2D eigenvalue weighted by atomic mass is 16.6. The summed E-state index contributed by atoms with van der Waals surface area (Å²) in [5.74, 6) is -0.464. The highest BCUT2D eigenvalue weighted by molar-refractivity contribution is 5.66. The van der Waals surface area contributed by atoms with Crippen LogP contribution in [-0.4, -0.2) is 22.6 Å². The molecule has 0 aliphatic carbocycles. The van der Waals surface area contributed by atoms with E-state index in [9.17, 15) is 14.9 Å². The molecule has 92 valence electrons. The van der Waals surface area contributed by atoms with Crippen molar-refractivity contribution in [2.24, 2.45) is 0 Å². The van der Waals surface area contributed by atoms with Crippen molar-refractivity contribution in [3.63, 3.8) is 0 Å². The molecular formula is C11H13NO5. The van der Waals surface area contributed by atoms with Crippen molar-refractivity contribution in [1.82, 2.24) is 0 Å². The molecule has 0 fully saturated rings. The van der Waals surface area contributed by atoms with Gasteiger partial charge in [0.1, 0.15) is 5.75 Å². The van der Waals surface area contributed by atoms with Crippen molar-refractivity contribution in [2.75, 3.05) is 6.61 Å². The van der Waals surface area contributed by atoms with E-state index in [1.165, 1.54) is 12.1 Å². The second kappa shape index (κ2) is 5.83. The maximum absolute atomic E-state index is 10.7. The van der Waals surface area contributed by atoms with Crippen molar-refractivity contribution < 1.29 is 19.6 Å². The molecule has 6 heteroatoms. The van der Waals surface area contributed by atoms with Gasteiger partial charge in [-0.2, -0.15) is 0 Å². The Morgan fingerprint density at radius 2 is 2.24 bits per heavy atom. The number of nitrogens with zero attached hydrogens (tertiary/aromatic N) is 1. The van der Waals surface area contributed by atoms with E-state index in [4.69, 9.17) is 9.84 Å². The molecule has 1 N–H and O–H groups in total. The first kappa shape index (κ1) is 13.0. The van der Waals surface area contributed by atoms with Gasteiger partial charge < -0.3 is 9.84 Å². The Balaban J connectivity index is 2.62. The smallest absolute Gasteiger partial charge is 0.303 e. The average molecular weight is 239 g/mol. The Morgan fingerprint density at radius 3 is 2.82 bits per heavy atom. The van der Waals surface area contributed by atoms with Crippen LogP contribution < -0.4 is 4.74 Å². The third-order valence-electron chi connectivity index (χ3n) is 2.24. The summed E-state index contributed by atoms with van der Waals surface area (Å²) in [5, 5.41) is 19.1. The van der Waals surface area contributed by atoms with Crippen molar-refractivity contribution >= 4 is 11.7 Å². The van der Waals surface area contributed by atoms with Gasteiger partial charge in [0.25, 0.3) is 5.69 Å². The van der Waals surface area contributed by atoms with Crippen LogP contribution in [0.3, 0.4) is 0 Å². The van der Waals surface area contributed by atoms with Gasteiger partial charge in [-0.25, -0.2) is 0 Å². The van der Waals surface area contributed by atoms with Crippen LogP contribution in [-0.2, 0) is 4.79 Å². The molecule has 1 rings (SSSR count). The topological polar surface area (TPSA) is 89.7 Å². The normalized spacial score (nSPS) is 9.94. The van der Waals surface area contributed by atoms with Gasteiger partial charge in [0.05, 0.1) is 17.1 Å². The molecule has 1 aromatic carbocycles. The Morgan fingerprint density at radius 1 is 1.53 bits per heavy atom. The summed E-state index contributed by atoms with van der Waals surface area (Å²) in [6.07, 6.45) is 0.394. The fourth-order valence-electron chi connectivity index (χ4n) is 1.36. The second-order valence-electron chi connectivity index (χ2n) is 3.50. The Kier molecular flexibility index (Phi) is 4.45. The first-order valence-corrected chi connectivity index (χ1v) is 5.11. The van der Waals surface area contributed by atoms with E-state index in [0.717, 1.165) is 0 Å². The number of hydrogen-bond acceptors (Lipinski definition) is 4. The summed E-state index contributed by atoms with van der Waals surface area (Å²) in [6, 6.07) is 4.57. The molecule has 0 saturated heterocycles. The lowest BCUT2D eigenvalue weighted by atomic mass is 10.2. The van der Waals surface area contributed by atoms with E-state index in [2.05, 4.69) is 0 Å². The zero-order chi connectivity index (χ0) is 12.8. The van der Waals surface area contributed by atoms with Crippen molar-refractivity contribution in [1.29, 1.82) is 0 Å². The number of carboxylic acids is 1. The van der Waals surface area contributed by atoms with Gasteiger partial charge in [-0.05, 0) is 19.4 Å². The molecule has 0 unspecified atom stereocenters. The quantitative estimate of drug-likeness (QED) is 0.466. The lowest BCUT2D eigenvalue weighted by Gasteiger charge is -2.08. The molecule has 0 heterocycles. The van der Waals surface area contributed by atoms with Crippen LogP contribution >= 0.6 is 0 Å². The van der Waals surface area contributed by atoms with Crippen LogP contribution in [0.1, 0.15) is 18.4 Å². The predicted molar refractivity (Wildman–Crippen MR) is 60.2 cm³/mol. The van der Waals surface area contributed by atoms with Crippen molar-refractivity contribution in [3.05, 3.63) is 33.9 Å². The number of ether oxygens (including phenoxy) is 1. The number of hydrogen-bond donors (Lipinski definition) is 1. The number of carboxylic acid groups (broad SMARTS) is 1. The molecule has 1 aromatic rings. The summed E-state index contributed by atoms with van der Waals surface area (Å²) in [4.78, 5) is 20.5. The number of aliphatic carboxylic acids is 1. The molecule has 0 aromatic heterocycles. The van der Waals surface area contributed by atoms with Gasteiger partial charge in [-0.3, -0.25) is 14.9 Å². The molecule has 0 aliphatic rings. The van der Waals surface area contributed by atoms with E-state index in [0.29, 0.717) is 17.7 Å². The predicted octanol–water partition coefficient (Wildman–Crippen LogP) is 2.15. The number of nitro groups is 1. The van der Waals surface area contributed by atoms with E-state index in [-0.39, 0.29) is 18.7 Å². The molecule has 6 nitrogen and oxygen atoms in total. The van der Waals surface area contributed by atoms with E-state index in [1.54, 1.807) is 13.0 Å². The van der Waals surface area contributed by atoms with Gasteiger partial charge >= 0.3 is 5.97 Å². The van der Waals surface area contributed by atoms with Crippen LogP contribution in [0.15, 0.2) is 18.2 Å². The van der Waals surface area contributed by atoms with Crippen LogP contribution in [0.5, 0.6) is 5.75 Å². The highest BCUT2D eigenvalue weighted by Gasteiger charge is 2.13. The minimum atomic E-state index is -0.885. The van der Waals surface area contributed by atoms with Gasteiger partial charge in [-0.15, -0.1) is 0 Å². The molecule has 0 amide bonds. The number of carbonyl (C=O) groups is 1. The molecule has 0 atom stereocenters. The largest absolute Gasteiger partial charge is 0.493 e. The summed E-state index contributed by atoms with van der Waals surface area (Å²) < 4.78 is 5.31. The minimum Gasteiger partial charge on any atom is -0.493 e. The summed E-state index contributed by atoms with van der Waals surface area (Å²) in [6.45, 7) is 1.83. The molecule has 0 aliphatic heterocycles. The van der Waals surface area contributed by atoms with E-state index in [1.807, 2.05) is 0 Å². The molecule has 0 spiro atoms. The van der Waals surface area contributed by atoms with Crippen molar-refractivity contribution in [3.8, 4) is 5.75 Å². The summed E-state index contributed by atoms with van der Waals surface area (Å²) in [7, 11) is 0. The lowest BCUT2D eigenvalue weighted by Crippen LogP contribution is -2.03. The van der Waals surface area contributed by atoms with Gasteiger partial charge in [0.15, 0.2) is 0 Å². The molecule has 0 radical (unpaired) electrons.